The minimum absolute atomic E-state index is 0.0636. The minimum atomic E-state index is -0.982. The molecule has 8 heteroatoms. The molecule has 1 amide bonds. The predicted octanol–water partition coefficient (Wildman–Crippen LogP) is 1.34. The summed E-state index contributed by atoms with van der Waals surface area (Å²) in [6, 6.07) is 5.94. The van der Waals surface area contributed by atoms with Crippen molar-refractivity contribution in [2.24, 2.45) is 11.3 Å². The van der Waals surface area contributed by atoms with Crippen molar-refractivity contribution in [1.82, 2.24) is 14.9 Å². The fraction of sp³-hybridized carbons (Fsp3) is 0.526. The fourth-order valence-electron chi connectivity index (χ4n) is 4.05. The van der Waals surface area contributed by atoms with E-state index in [1.807, 2.05) is 25.1 Å². The highest BCUT2D eigenvalue weighted by Crippen LogP contribution is 2.41. The third kappa shape index (κ3) is 3.30. The lowest BCUT2D eigenvalue weighted by atomic mass is 9.76. The Morgan fingerprint density at radius 3 is 3.11 bits per heavy atom. The number of amides is 1. The van der Waals surface area contributed by atoms with Gasteiger partial charge in [0.1, 0.15) is 24.5 Å². The maximum absolute atomic E-state index is 12.5. The second-order valence-electron chi connectivity index (χ2n) is 7.47. The van der Waals surface area contributed by atoms with Gasteiger partial charge in [0.2, 0.25) is 5.91 Å². The summed E-state index contributed by atoms with van der Waals surface area (Å²) in [7, 11) is 0. The molecular weight excluding hydrogens is 350 g/mol. The van der Waals surface area contributed by atoms with Crippen LogP contribution in [0.5, 0.6) is 0 Å². The molecule has 1 aromatic carbocycles. The van der Waals surface area contributed by atoms with Crippen LogP contribution in [-0.2, 0) is 25.7 Å². The molecule has 4 rings (SSSR count). The van der Waals surface area contributed by atoms with E-state index in [0.29, 0.717) is 25.4 Å². The number of hydrogen-bond donors (Lipinski definition) is 2. The highest BCUT2D eigenvalue weighted by Gasteiger charge is 2.55. The molecule has 0 spiro atoms. The number of aromatic nitrogens is 2. The van der Waals surface area contributed by atoms with E-state index in [4.69, 9.17) is 9.47 Å². The molecule has 27 heavy (non-hydrogen) atoms. The zero-order valence-corrected chi connectivity index (χ0v) is 15.2. The Hall–Kier alpha value is -2.45. The molecule has 144 valence electrons. The van der Waals surface area contributed by atoms with Crippen molar-refractivity contribution in [2.45, 2.75) is 20.0 Å². The summed E-state index contributed by atoms with van der Waals surface area (Å²) < 4.78 is 10.9. The largest absolute Gasteiger partial charge is 0.481 e. The van der Waals surface area contributed by atoms with Gasteiger partial charge < -0.3 is 24.5 Å². The number of rotatable bonds is 5. The predicted molar refractivity (Wildman–Crippen MR) is 96.1 cm³/mol. The number of likely N-dealkylation sites (tertiary alicyclic amines) is 1. The topological polar surface area (TPSA) is 105 Å². The van der Waals surface area contributed by atoms with Gasteiger partial charge in [-0.2, -0.15) is 0 Å². The first-order chi connectivity index (χ1) is 13.0. The van der Waals surface area contributed by atoms with E-state index in [-0.39, 0.29) is 38.2 Å². The Balaban J connectivity index is 1.34. The van der Waals surface area contributed by atoms with Crippen LogP contribution >= 0.6 is 0 Å². The Kier molecular flexibility index (Phi) is 4.61. The van der Waals surface area contributed by atoms with Crippen LogP contribution in [0.25, 0.3) is 11.0 Å². The second kappa shape index (κ2) is 6.94. The SMILES string of the molecule is Cc1ccc2nc(COCC(=O)N3C[C@@H]4CCOC[C@]4(C(=O)O)C3)[nH]c2c1. The number of aromatic amines is 1. The van der Waals surface area contributed by atoms with Crippen LogP contribution in [0.4, 0.5) is 0 Å². The first-order valence-corrected chi connectivity index (χ1v) is 9.10. The van der Waals surface area contributed by atoms with E-state index in [1.54, 1.807) is 4.90 Å². The molecule has 1 aromatic heterocycles. The van der Waals surface area contributed by atoms with Crippen LogP contribution in [0.3, 0.4) is 0 Å². The molecule has 0 aliphatic carbocycles. The van der Waals surface area contributed by atoms with E-state index in [0.717, 1.165) is 16.6 Å². The number of carboxylic acid groups (broad SMARTS) is 1. The van der Waals surface area contributed by atoms with E-state index >= 15 is 0 Å². The van der Waals surface area contributed by atoms with Crippen LogP contribution in [0.1, 0.15) is 17.8 Å². The highest BCUT2D eigenvalue weighted by molar-refractivity contribution is 5.82. The number of ether oxygens (including phenoxy) is 2. The summed E-state index contributed by atoms with van der Waals surface area (Å²) in [4.78, 5) is 33.5. The number of nitrogens with zero attached hydrogens (tertiary/aromatic N) is 2. The number of aryl methyl sites for hydroxylation is 1. The lowest BCUT2D eigenvalue weighted by molar-refractivity contribution is -0.160. The van der Waals surface area contributed by atoms with Gasteiger partial charge in [-0.3, -0.25) is 9.59 Å². The van der Waals surface area contributed by atoms with Gasteiger partial charge in [-0.1, -0.05) is 6.07 Å². The van der Waals surface area contributed by atoms with Crippen molar-refractivity contribution in [1.29, 1.82) is 0 Å². The van der Waals surface area contributed by atoms with Crippen molar-refractivity contribution >= 4 is 22.9 Å². The monoisotopic (exact) mass is 373 g/mol. The molecule has 0 saturated carbocycles. The zero-order valence-electron chi connectivity index (χ0n) is 15.2. The fourth-order valence-corrected chi connectivity index (χ4v) is 4.05. The number of carbonyl (C=O) groups excluding carboxylic acids is 1. The third-order valence-electron chi connectivity index (χ3n) is 5.59. The summed E-state index contributed by atoms with van der Waals surface area (Å²) in [5, 5.41) is 9.65. The lowest BCUT2D eigenvalue weighted by Crippen LogP contribution is -2.46. The number of fused-ring (bicyclic) bond motifs is 2. The maximum Gasteiger partial charge on any atom is 0.314 e. The first kappa shape index (κ1) is 17.9. The van der Waals surface area contributed by atoms with Crippen LogP contribution < -0.4 is 0 Å². The van der Waals surface area contributed by atoms with Gasteiger partial charge >= 0.3 is 5.97 Å². The Labute approximate surface area is 156 Å². The smallest absolute Gasteiger partial charge is 0.314 e. The van der Waals surface area contributed by atoms with Crippen molar-refractivity contribution in [3.63, 3.8) is 0 Å². The molecule has 2 aromatic rings. The number of aliphatic carboxylic acids is 1. The molecule has 2 N–H and O–H groups in total. The summed E-state index contributed by atoms with van der Waals surface area (Å²) >= 11 is 0. The van der Waals surface area contributed by atoms with Crippen LogP contribution in [0.15, 0.2) is 18.2 Å². The van der Waals surface area contributed by atoms with Gasteiger partial charge in [0, 0.05) is 19.7 Å². The number of H-pyrrole nitrogens is 1. The van der Waals surface area contributed by atoms with Crippen molar-refractivity contribution in [3.05, 3.63) is 29.6 Å². The van der Waals surface area contributed by atoms with Gasteiger partial charge in [0.25, 0.3) is 0 Å². The number of benzene rings is 1. The summed E-state index contributed by atoms with van der Waals surface area (Å²) in [5.74, 6) is -0.488. The molecule has 2 atom stereocenters. The quantitative estimate of drug-likeness (QED) is 0.819. The molecule has 2 aliphatic rings. The van der Waals surface area contributed by atoms with E-state index in [9.17, 15) is 14.7 Å². The van der Waals surface area contributed by atoms with E-state index < -0.39 is 11.4 Å². The maximum atomic E-state index is 12.5. The molecular formula is C19H23N3O5. The molecule has 8 nitrogen and oxygen atoms in total. The van der Waals surface area contributed by atoms with Gasteiger partial charge in [0.15, 0.2) is 0 Å². The van der Waals surface area contributed by atoms with Crippen LogP contribution in [0, 0.1) is 18.3 Å². The van der Waals surface area contributed by atoms with E-state index in [1.165, 1.54) is 0 Å². The summed E-state index contributed by atoms with van der Waals surface area (Å²) in [6.07, 6.45) is 0.662. The molecule has 2 fully saturated rings. The molecule has 0 bridgehead atoms. The van der Waals surface area contributed by atoms with Gasteiger partial charge in [-0.05, 0) is 37.0 Å². The van der Waals surface area contributed by atoms with Gasteiger partial charge in [-0.15, -0.1) is 0 Å². The van der Waals surface area contributed by atoms with E-state index in [2.05, 4.69) is 9.97 Å². The van der Waals surface area contributed by atoms with Crippen molar-refractivity contribution < 1.29 is 24.2 Å². The standard InChI is InChI=1S/C19H23N3O5/c1-12-2-3-14-15(6-12)21-16(20-14)8-27-9-17(23)22-7-13-4-5-26-11-19(13,10-22)18(24)25/h2-3,6,13H,4-5,7-11H2,1H3,(H,20,21)(H,24,25)/t13-,19+/m0/s1. The van der Waals surface area contributed by atoms with Crippen LogP contribution in [-0.4, -0.2) is 64.8 Å². The number of nitrogens with one attached hydrogen (secondary N) is 1. The molecule has 0 radical (unpaired) electrons. The zero-order chi connectivity index (χ0) is 19.0. The average molecular weight is 373 g/mol. The number of hydrogen-bond acceptors (Lipinski definition) is 5. The Bertz CT molecular complexity index is 879. The van der Waals surface area contributed by atoms with Crippen molar-refractivity contribution in [3.8, 4) is 0 Å². The summed E-state index contributed by atoms with van der Waals surface area (Å²) in [6.45, 7) is 3.45. The second-order valence-corrected chi connectivity index (χ2v) is 7.47. The molecule has 2 aliphatic heterocycles. The normalized spacial score (nSPS) is 24.9. The molecule has 3 heterocycles. The van der Waals surface area contributed by atoms with Crippen LogP contribution in [0.2, 0.25) is 0 Å². The third-order valence-corrected chi connectivity index (χ3v) is 5.59. The van der Waals surface area contributed by atoms with Gasteiger partial charge in [-0.25, -0.2) is 4.98 Å². The molecule has 2 saturated heterocycles. The number of carboxylic acids is 1. The summed E-state index contributed by atoms with van der Waals surface area (Å²) in [5.41, 5.74) is 1.95. The molecule has 0 unspecified atom stereocenters. The first-order valence-electron chi connectivity index (χ1n) is 9.10. The minimum Gasteiger partial charge on any atom is -0.481 e. The number of carbonyl (C=O) groups is 2. The van der Waals surface area contributed by atoms with Gasteiger partial charge in [0.05, 0.1) is 17.6 Å². The highest BCUT2D eigenvalue weighted by atomic mass is 16.5. The lowest BCUT2D eigenvalue weighted by Gasteiger charge is -2.33. The number of imidazole rings is 1. The average Bonchev–Trinajstić information content (AvgIpc) is 3.22. The Morgan fingerprint density at radius 1 is 1.48 bits per heavy atom. The van der Waals surface area contributed by atoms with Crippen molar-refractivity contribution in [2.75, 3.05) is 32.9 Å². The Morgan fingerprint density at radius 2 is 2.33 bits per heavy atom.